The van der Waals surface area contributed by atoms with E-state index in [1.807, 2.05) is 30.3 Å². The normalized spacial score (nSPS) is 25.8. The minimum Gasteiger partial charge on any atom is -0.494 e. The number of hydrogen-bond acceptors (Lipinski definition) is 8. The smallest absolute Gasteiger partial charge is 0.407 e. The molecule has 2 fully saturated rings. The SMILES string of the molecule is O=C(N[C@@H](Cc1ccccc1)[C@H](O)CN1CCCCC=CCCCOc2cccc(c2)S1(=O)=O)O[C@H]1CO[C@H]2OCCC21. The molecule has 2 aromatic carbocycles. The molecule has 2 aromatic rings. The van der Waals surface area contributed by atoms with Crippen LogP contribution in [0.2, 0.25) is 0 Å². The zero-order valence-corrected chi connectivity index (χ0v) is 25.2. The van der Waals surface area contributed by atoms with Crippen molar-refractivity contribution in [2.45, 2.75) is 74.4 Å². The Hall–Kier alpha value is -2.96. The molecule has 3 aliphatic rings. The standard InChI is InChI=1S/C32H42N2O8S/c35-29(22-34-17-9-4-2-1-3-5-10-18-39-25-14-11-15-26(21-25)43(34,37)38)28(20-24-12-7-6-8-13-24)33-32(36)42-30-23-41-31-27(30)16-19-40-31/h1,3,6-8,11-15,21,27-31,35H,2,4-5,9-10,16-20,22-23H2,(H,33,36)/t27?,28-,29+,30-,31+/m0/s1. The first kappa shape index (κ1) is 31.5. The van der Waals surface area contributed by atoms with Crippen molar-refractivity contribution in [3.63, 3.8) is 0 Å². The fourth-order valence-electron chi connectivity index (χ4n) is 5.72. The summed E-state index contributed by atoms with van der Waals surface area (Å²) in [7, 11) is -3.98. The van der Waals surface area contributed by atoms with Gasteiger partial charge in [0.15, 0.2) is 6.29 Å². The second-order valence-corrected chi connectivity index (χ2v) is 13.2. The summed E-state index contributed by atoms with van der Waals surface area (Å²) in [6, 6.07) is 15.1. The maximum Gasteiger partial charge on any atom is 0.407 e. The van der Waals surface area contributed by atoms with E-state index in [1.165, 1.54) is 10.4 Å². The summed E-state index contributed by atoms with van der Waals surface area (Å²) in [5.74, 6) is 0.459. The summed E-state index contributed by atoms with van der Waals surface area (Å²) >= 11 is 0. The van der Waals surface area contributed by atoms with E-state index >= 15 is 0 Å². The lowest BCUT2D eigenvalue weighted by molar-refractivity contribution is -0.0907. The number of ether oxygens (including phenoxy) is 4. The average molecular weight is 615 g/mol. The molecule has 43 heavy (non-hydrogen) atoms. The number of carbonyl (C=O) groups is 1. The van der Waals surface area contributed by atoms with Crippen LogP contribution in [0.3, 0.4) is 0 Å². The number of benzene rings is 2. The van der Waals surface area contributed by atoms with Crippen LogP contribution in [0.25, 0.3) is 0 Å². The summed E-state index contributed by atoms with van der Waals surface area (Å²) < 4.78 is 51.8. The molecule has 3 heterocycles. The predicted octanol–water partition coefficient (Wildman–Crippen LogP) is 4.04. The van der Waals surface area contributed by atoms with E-state index in [0.717, 1.165) is 37.7 Å². The van der Waals surface area contributed by atoms with Gasteiger partial charge in [-0.2, -0.15) is 4.31 Å². The Morgan fingerprint density at radius 1 is 1.02 bits per heavy atom. The number of carbonyl (C=O) groups excluding carboxylic acids is 1. The molecule has 0 aliphatic carbocycles. The molecule has 234 valence electrons. The van der Waals surface area contributed by atoms with E-state index in [0.29, 0.717) is 25.4 Å². The lowest BCUT2D eigenvalue weighted by Crippen LogP contribution is -2.51. The quantitative estimate of drug-likeness (QED) is 0.448. The first-order valence-corrected chi connectivity index (χ1v) is 16.6. The zero-order chi connectivity index (χ0) is 30.1. The fraction of sp³-hybridized carbons (Fsp3) is 0.531. The van der Waals surface area contributed by atoms with Gasteiger partial charge in [-0.3, -0.25) is 0 Å². The van der Waals surface area contributed by atoms with Crippen LogP contribution in [0, 0.1) is 5.92 Å². The third-order valence-electron chi connectivity index (χ3n) is 8.12. The van der Waals surface area contributed by atoms with Crippen molar-refractivity contribution in [1.29, 1.82) is 0 Å². The molecular weight excluding hydrogens is 572 g/mol. The second kappa shape index (κ2) is 15.2. The van der Waals surface area contributed by atoms with E-state index in [9.17, 15) is 18.3 Å². The lowest BCUT2D eigenvalue weighted by Gasteiger charge is -2.30. The van der Waals surface area contributed by atoms with Gasteiger partial charge in [-0.05, 0) is 62.6 Å². The fourth-order valence-corrected chi connectivity index (χ4v) is 7.25. The molecule has 1 unspecified atom stereocenters. The van der Waals surface area contributed by atoms with Crippen LogP contribution in [-0.4, -0.2) is 81.4 Å². The maximum absolute atomic E-state index is 13.9. The molecule has 0 saturated carbocycles. The number of rotatable bonds is 7. The van der Waals surface area contributed by atoms with Gasteiger partial charge in [-0.1, -0.05) is 48.6 Å². The highest BCUT2D eigenvalue weighted by Gasteiger charge is 2.44. The summed E-state index contributed by atoms with van der Waals surface area (Å²) in [5.41, 5.74) is 0.886. The van der Waals surface area contributed by atoms with Crippen molar-refractivity contribution in [3.05, 3.63) is 72.3 Å². The van der Waals surface area contributed by atoms with Crippen LogP contribution >= 0.6 is 0 Å². The third kappa shape index (κ3) is 8.57. The number of nitrogens with one attached hydrogen (secondary N) is 1. The summed E-state index contributed by atoms with van der Waals surface area (Å²) in [5, 5.41) is 14.4. The van der Waals surface area contributed by atoms with Gasteiger partial charge in [0.25, 0.3) is 0 Å². The Balaban J connectivity index is 1.33. The van der Waals surface area contributed by atoms with E-state index in [2.05, 4.69) is 17.5 Å². The number of fused-ring (bicyclic) bond motifs is 3. The average Bonchev–Trinajstić information content (AvgIpc) is 3.62. The van der Waals surface area contributed by atoms with Crippen LogP contribution in [0.1, 0.15) is 44.1 Å². The van der Waals surface area contributed by atoms with E-state index < -0.39 is 34.4 Å². The Kier molecular flexibility index (Phi) is 11.1. The molecule has 3 aliphatic heterocycles. The Bertz CT molecular complexity index is 1320. The molecule has 2 bridgehead atoms. The number of alkyl carbamates (subject to hydrolysis) is 1. The molecule has 0 spiro atoms. The zero-order valence-electron chi connectivity index (χ0n) is 24.4. The Morgan fingerprint density at radius 2 is 1.84 bits per heavy atom. The molecule has 5 rings (SSSR count). The second-order valence-electron chi connectivity index (χ2n) is 11.3. The van der Waals surface area contributed by atoms with Crippen molar-refractivity contribution in [1.82, 2.24) is 9.62 Å². The number of allylic oxidation sites excluding steroid dienone is 2. The van der Waals surface area contributed by atoms with Gasteiger partial charge in [0.1, 0.15) is 11.9 Å². The molecule has 1 amide bonds. The van der Waals surface area contributed by atoms with Gasteiger partial charge in [-0.15, -0.1) is 0 Å². The summed E-state index contributed by atoms with van der Waals surface area (Å²) in [6.07, 6.45) is 6.59. The number of β-amino-alcohol motifs (C(OH)–C–C–N with tert-alkyl or cyclic N) is 1. The number of aliphatic hydroxyl groups is 1. The van der Waals surface area contributed by atoms with Gasteiger partial charge in [-0.25, -0.2) is 13.2 Å². The van der Waals surface area contributed by atoms with Crippen molar-refractivity contribution in [2.24, 2.45) is 5.92 Å². The molecule has 10 nitrogen and oxygen atoms in total. The molecule has 0 aromatic heterocycles. The van der Waals surface area contributed by atoms with E-state index in [-0.39, 0.29) is 43.2 Å². The van der Waals surface area contributed by atoms with Crippen molar-refractivity contribution in [2.75, 3.05) is 32.9 Å². The molecule has 2 saturated heterocycles. The van der Waals surface area contributed by atoms with Crippen LogP contribution in [-0.2, 0) is 30.7 Å². The highest BCUT2D eigenvalue weighted by atomic mass is 32.2. The topological polar surface area (TPSA) is 124 Å². The van der Waals surface area contributed by atoms with Crippen LogP contribution < -0.4 is 10.1 Å². The van der Waals surface area contributed by atoms with Crippen molar-refractivity contribution >= 4 is 16.1 Å². The van der Waals surface area contributed by atoms with E-state index in [4.69, 9.17) is 18.9 Å². The lowest BCUT2D eigenvalue weighted by atomic mass is 10.0. The van der Waals surface area contributed by atoms with Crippen molar-refractivity contribution < 1.29 is 37.3 Å². The Labute approximate surface area is 254 Å². The molecular formula is C32H42N2O8S. The molecule has 5 atom stereocenters. The van der Waals surface area contributed by atoms with Crippen LogP contribution in [0.4, 0.5) is 4.79 Å². The summed E-state index contributed by atoms with van der Waals surface area (Å²) in [6.45, 7) is 1.32. The number of aliphatic hydroxyl groups excluding tert-OH is 1. The molecule has 11 heteroatoms. The maximum atomic E-state index is 13.9. The van der Waals surface area contributed by atoms with Gasteiger partial charge in [0.2, 0.25) is 10.0 Å². The number of amides is 1. The van der Waals surface area contributed by atoms with Crippen LogP contribution in [0.15, 0.2) is 71.6 Å². The number of nitrogens with zero attached hydrogens (tertiary/aromatic N) is 1. The monoisotopic (exact) mass is 614 g/mol. The van der Waals surface area contributed by atoms with Gasteiger partial charge in [0.05, 0.1) is 42.8 Å². The number of hydrogen-bond donors (Lipinski definition) is 2. The number of sulfonamides is 1. The summed E-state index contributed by atoms with van der Waals surface area (Å²) in [4.78, 5) is 13.2. The largest absolute Gasteiger partial charge is 0.494 e. The van der Waals surface area contributed by atoms with E-state index in [1.54, 1.807) is 18.2 Å². The van der Waals surface area contributed by atoms with Gasteiger partial charge in [0, 0.05) is 19.2 Å². The Morgan fingerprint density at radius 3 is 2.67 bits per heavy atom. The van der Waals surface area contributed by atoms with Crippen LogP contribution in [0.5, 0.6) is 5.75 Å². The predicted molar refractivity (Wildman–Crippen MR) is 160 cm³/mol. The third-order valence-corrected chi connectivity index (χ3v) is 9.98. The van der Waals surface area contributed by atoms with Crippen molar-refractivity contribution in [3.8, 4) is 5.75 Å². The highest BCUT2D eigenvalue weighted by molar-refractivity contribution is 7.89. The first-order valence-electron chi connectivity index (χ1n) is 15.2. The molecule has 0 radical (unpaired) electrons. The minimum atomic E-state index is -3.98. The van der Waals surface area contributed by atoms with Gasteiger partial charge >= 0.3 is 6.09 Å². The van der Waals surface area contributed by atoms with Gasteiger partial charge < -0.3 is 29.4 Å². The first-order chi connectivity index (χ1) is 20.9. The minimum absolute atomic E-state index is 0.0249. The highest BCUT2D eigenvalue weighted by Crippen LogP contribution is 2.33. The molecule has 2 N–H and O–H groups in total.